The zero-order valence-electron chi connectivity index (χ0n) is 31.9. The lowest BCUT2D eigenvalue weighted by Crippen LogP contribution is -2.31. The maximum Gasteiger partial charge on any atom is 0.0714 e. The molecule has 1 atom stereocenters. The van der Waals surface area contributed by atoms with E-state index in [1.807, 2.05) is 0 Å². The Morgan fingerprint density at radius 3 is 1.59 bits per heavy atom. The second-order valence-electron chi connectivity index (χ2n) is 15.8. The van der Waals surface area contributed by atoms with Crippen LogP contribution < -0.4 is 10.6 Å². The molecule has 10 rings (SSSR count). The van der Waals surface area contributed by atoms with Crippen LogP contribution in [0.2, 0.25) is 0 Å². The summed E-state index contributed by atoms with van der Waals surface area (Å²) in [6.07, 6.45) is 0.834. The molecule has 2 nitrogen and oxygen atoms in total. The van der Waals surface area contributed by atoms with Gasteiger partial charge in [-0.3, -0.25) is 0 Å². The van der Waals surface area contributed by atoms with E-state index >= 15 is 0 Å². The van der Waals surface area contributed by atoms with Crippen LogP contribution in [0.25, 0.3) is 33.4 Å². The maximum absolute atomic E-state index is 6.14. The molecule has 0 radical (unpaired) electrons. The Balaban J connectivity index is 1.28. The van der Waals surface area contributed by atoms with Gasteiger partial charge in [-0.05, 0) is 110 Å². The van der Waals surface area contributed by atoms with Gasteiger partial charge >= 0.3 is 0 Å². The molecule has 0 saturated heterocycles. The van der Waals surface area contributed by atoms with E-state index < -0.39 is 5.41 Å². The van der Waals surface area contributed by atoms with Crippen LogP contribution in [0, 0.1) is 0 Å². The van der Waals surface area contributed by atoms with Gasteiger partial charge in [0, 0.05) is 11.0 Å². The van der Waals surface area contributed by atoms with Gasteiger partial charge in [-0.25, -0.2) is 0 Å². The zero-order valence-corrected chi connectivity index (χ0v) is 31.9. The Morgan fingerprint density at radius 2 is 0.964 bits per heavy atom. The normalized spacial score (nSPS) is 16.1. The highest BCUT2D eigenvalue weighted by Crippen LogP contribution is 2.61. The molecule has 270 valence electrons. The fraction of sp³-hybridized carbons (Fsp3) is 0.111. The minimum Gasteiger partial charge on any atom is -0.330 e. The molecule has 0 amide bonds. The van der Waals surface area contributed by atoms with Crippen molar-refractivity contribution >= 4 is 17.1 Å². The minimum absolute atomic E-state index is 0.274. The van der Waals surface area contributed by atoms with Crippen LogP contribution in [0.15, 0.2) is 194 Å². The van der Waals surface area contributed by atoms with Crippen LogP contribution in [-0.2, 0) is 17.3 Å². The molecule has 8 aromatic carbocycles. The number of nitrogens with zero attached hydrogens (tertiary/aromatic N) is 1. The Bertz CT molecular complexity index is 2640. The van der Waals surface area contributed by atoms with E-state index in [1.165, 1.54) is 89.4 Å². The number of benzene rings is 8. The quantitative estimate of drug-likeness (QED) is 0.178. The van der Waals surface area contributed by atoms with E-state index in [9.17, 15) is 0 Å². The first-order valence-corrected chi connectivity index (χ1v) is 19.8. The molecule has 56 heavy (non-hydrogen) atoms. The monoisotopic (exact) mass is 720 g/mol. The molecule has 0 saturated carbocycles. The average molecular weight is 721 g/mol. The van der Waals surface area contributed by atoms with Gasteiger partial charge < -0.3 is 10.6 Å². The number of hydrogen-bond donors (Lipinski definition) is 1. The van der Waals surface area contributed by atoms with Crippen molar-refractivity contribution in [2.24, 2.45) is 5.73 Å². The van der Waals surface area contributed by atoms with Crippen LogP contribution >= 0.6 is 0 Å². The average Bonchev–Trinajstić information content (AvgIpc) is 3.56. The van der Waals surface area contributed by atoms with Crippen LogP contribution in [0.3, 0.4) is 0 Å². The van der Waals surface area contributed by atoms with Gasteiger partial charge in [0.05, 0.1) is 22.5 Å². The van der Waals surface area contributed by atoms with E-state index in [-0.39, 0.29) is 5.41 Å². The summed E-state index contributed by atoms with van der Waals surface area (Å²) in [4.78, 5) is 2.56. The molecule has 1 aliphatic carbocycles. The number of anilines is 3. The van der Waals surface area contributed by atoms with Gasteiger partial charge in [-0.15, -0.1) is 0 Å². The largest absolute Gasteiger partial charge is 0.330 e. The summed E-state index contributed by atoms with van der Waals surface area (Å²) in [6, 6.07) is 72.0. The van der Waals surface area contributed by atoms with Crippen LogP contribution in [0.1, 0.15) is 52.8 Å². The van der Waals surface area contributed by atoms with E-state index in [1.54, 1.807) is 0 Å². The van der Waals surface area contributed by atoms with Crippen molar-refractivity contribution < 1.29 is 0 Å². The third kappa shape index (κ3) is 5.13. The summed E-state index contributed by atoms with van der Waals surface area (Å²) in [5, 5.41) is 0. The van der Waals surface area contributed by atoms with E-state index in [2.05, 4.69) is 213 Å². The third-order valence-electron chi connectivity index (χ3n) is 12.3. The third-order valence-corrected chi connectivity index (χ3v) is 12.3. The number of rotatable bonds is 7. The second kappa shape index (κ2) is 13.4. The predicted molar refractivity (Wildman–Crippen MR) is 234 cm³/mol. The Kier molecular flexibility index (Phi) is 8.13. The highest BCUT2D eigenvalue weighted by Gasteiger charge is 2.48. The summed E-state index contributed by atoms with van der Waals surface area (Å²) in [7, 11) is 0. The molecular formula is C54H44N2. The maximum atomic E-state index is 6.14. The molecule has 1 unspecified atom stereocenters. The summed E-state index contributed by atoms with van der Waals surface area (Å²) >= 11 is 0. The van der Waals surface area contributed by atoms with Crippen LogP contribution in [-0.4, -0.2) is 6.54 Å². The fourth-order valence-electron chi connectivity index (χ4n) is 9.72. The summed E-state index contributed by atoms with van der Waals surface area (Å²) < 4.78 is 0. The van der Waals surface area contributed by atoms with Crippen LogP contribution in [0.4, 0.5) is 17.1 Å². The Hall–Kier alpha value is -6.48. The molecule has 2 aliphatic rings. The number of nitrogens with two attached hydrogens (primary N) is 1. The zero-order chi connectivity index (χ0) is 37.9. The molecule has 8 aromatic rings. The molecule has 2 N–H and O–H groups in total. The van der Waals surface area contributed by atoms with Crippen molar-refractivity contribution in [2.75, 3.05) is 11.4 Å². The van der Waals surface area contributed by atoms with Crippen molar-refractivity contribution in [2.45, 2.75) is 31.1 Å². The lowest BCUT2D eigenvalue weighted by molar-refractivity contribution is 0.632. The number of fused-ring (bicyclic) bond motifs is 5. The highest BCUT2D eigenvalue weighted by molar-refractivity contribution is 6.00. The topological polar surface area (TPSA) is 29.3 Å². The van der Waals surface area contributed by atoms with E-state index in [4.69, 9.17) is 5.73 Å². The number of hydrogen-bond acceptors (Lipinski definition) is 2. The Labute approximate surface area is 330 Å². The van der Waals surface area contributed by atoms with E-state index in [0.717, 1.165) is 6.42 Å². The molecule has 0 spiro atoms. The standard InChI is InChI=1S/C54H44N2/c1-53(2)47-35-40(38-17-6-3-7-18-38)28-30-49(47)56(50-31-29-41(36-48(50)53)39-19-8-4-9-20-39)51-27-15-26-46-52(51)44-24-12-13-25-45(44)54(46,42-21-10-5-11-22-42)43-23-14-16-37(34-43)32-33-55/h3-31,34-36H,32-33,55H2,1-2H3. The highest BCUT2D eigenvalue weighted by atomic mass is 15.2. The van der Waals surface area contributed by atoms with Crippen molar-refractivity contribution in [3.8, 4) is 33.4 Å². The molecule has 1 heterocycles. The van der Waals surface area contributed by atoms with Crippen molar-refractivity contribution in [1.29, 1.82) is 0 Å². The lowest BCUT2D eigenvalue weighted by atomic mass is 9.67. The molecule has 0 aromatic heterocycles. The first-order chi connectivity index (χ1) is 27.5. The van der Waals surface area contributed by atoms with Gasteiger partial charge in [0.15, 0.2) is 0 Å². The predicted octanol–water partition coefficient (Wildman–Crippen LogP) is 13.0. The first kappa shape index (κ1) is 34.0. The summed E-state index contributed by atoms with van der Waals surface area (Å²) in [5.74, 6) is 0. The summed E-state index contributed by atoms with van der Waals surface area (Å²) in [5.41, 5.74) is 25.4. The SMILES string of the molecule is CC1(C)c2cc(-c3ccccc3)ccc2N(c2cccc3c2-c2ccccc2C3(c2ccccc2)c2cccc(CCN)c2)c2ccc(-c3ccccc3)cc21. The molecule has 1 aliphatic heterocycles. The van der Waals surface area contributed by atoms with Gasteiger partial charge in [0.25, 0.3) is 0 Å². The van der Waals surface area contributed by atoms with E-state index in [0.29, 0.717) is 6.54 Å². The minimum atomic E-state index is -0.525. The Morgan fingerprint density at radius 1 is 0.429 bits per heavy atom. The van der Waals surface area contributed by atoms with Gasteiger partial charge in [-0.1, -0.05) is 178 Å². The van der Waals surface area contributed by atoms with Crippen molar-refractivity contribution in [3.05, 3.63) is 233 Å². The first-order valence-electron chi connectivity index (χ1n) is 19.8. The fourth-order valence-corrected chi connectivity index (χ4v) is 9.72. The molecular weight excluding hydrogens is 677 g/mol. The molecule has 0 fully saturated rings. The van der Waals surface area contributed by atoms with Crippen LogP contribution in [0.5, 0.6) is 0 Å². The van der Waals surface area contributed by atoms with Gasteiger partial charge in [0.2, 0.25) is 0 Å². The summed E-state index contributed by atoms with van der Waals surface area (Å²) in [6.45, 7) is 5.40. The van der Waals surface area contributed by atoms with Crippen molar-refractivity contribution in [1.82, 2.24) is 0 Å². The van der Waals surface area contributed by atoms with Gasteiger partial charge in [0.1, 0.15) is 0 Å². The van der Waals surface area contributed by atoms with Crippen molar-refractivity contribution in [3.63, 3.8) is 0 Å². The lowest BCUT2D eigenvalue weighted by Gasteiger charge is -2.43. The molecule has 0 bridgehead atoms. The molecule has 2 heteroatoms. The van der Waals surface area contributed by atoms with Gasteiger partial charge in [-0.2, -0.15) is 0 Å². The second-order valence-corrected chi connectivity index (χ2v) is 15.8. The smallest absolute Gasteiger partial charge is 0.0714 e.